The monoisotopic (exact) mass is 345 g/mol. The van der Waals surface area contributed by atoms with Crippen molar-refractivity contribution in [2.45, 2.75) is 6.61 Å². The maximum atomic E-state index is 6.22. The summed E-state index contributed by atoms with van der Waals surface area (Å²) in [6, 6.07) is 15.5. The second kappa shape index (κ2) is 7.40. The molecular formula is C18H16ClNO2S. The van der Waals surface area contributed by atoms with Crippen LogP contribution in [0.4, 0.5) is 11.4 Å². The Morgan fingerprint density at radius 3 is 2.57 bits per heavy atom. The summed E-state index contributed by atoms with van der Waals surface area (Å²) in [5, 5.41) is 7.99. The first-order valence-electron chi connectivity index (χ1n) is 7.09. The van der Waals surface area contributed by atoms with Crippen molar-refractivity contribution in [1.29, 1.82) is 0 Å². The summed E-state index contributed by atoms with van der Waals surface area (Å²) >= 11 is 7.87. The van der Waals surface area contributed by atoms with Crippen LogP contribution in [0.2, 0.25) is 5.02 Å². The number of benzene rings is 2. The Morgan fingerprint density at radius 1 is 1.04 bits per heavy atom. The lowest BCUT2D eigenvalue weighted by Gasteiger charge is -2.11. The Labute approximate surface area is 144 Å². The van der Waals surface area contributed by atoms with Crippen LogP contribution in [0.5, 0.6) is 11.5 Å². The average molecular weight is 346 g/mol. The number of thiophene rings is 1. The molecule has 0 spiro atoms. The van der Waals surface area contributed by atoms with E-state index in [1.165, 1.54) is 0 Å². The van der Waals surface area contributed by atoms with Crippen LogP contribution < -0.4 is 14.8 Å². The molecule has 1 aromatic heterocycles. The van der Waals surface area contributed by atoms with Gasteiger partial charge in [-0.1, -0.05) is 23.7 Å². The number of ether oxygens (including phenoxy) is 2. The van der Waals surface area contributed by atoms with Gasteiger partial charge in [-0.2, -0.15) is 11.3 Å². The first-order valence-corrected chi connectivity index (χ1v) is 8.41. The van der Waals surface area contributed by atoms with E-state index in [0.29, 0.717) is 17.4 Å². The van der Waals surface area contributed by atoms with E-state index in [2.05, 4.69) is 5.32 Å². The third kappa shape index (κ3) is 4.18. The molecule has 23 heavy (non-hydrogen) atoms. The molecule has 1 N–H and O–H groups in total. The lowest BCUT2D eigenvalue weighted by atomic mass is 10.2. The summed E-state index contributed by atoms with van der Waals surface area (Å²) in [6.45, 7) is 0.450. The lowest BCUT2D eigenvalue weighted by Crippen LogP contribution is -1.97. The second-order valence-electron chi connectivity index (χ2n) is 4.92. The number of hydrogen-bond donors (Lipinski definition) is 1. The van der Waals surface area contributed by atoms with Gasteiger partial charge in [0.15, 0.2) is 0 Å². The minimum absolute atomic E-state index is 0.450. The second-order valence-corrected chi connectivity index (χ2v) is 6.11. The zero-order chi connectivity index (χ0) is 16.1. The van der Waals surface area contributed by atoms with E-state index in [4.69, 9.17) is 21.1 Å². The Morgan fingerprint density at radius 2 is 1.87 bits per heavy atom. The quantitative estimate of drug-likeness (QED) is 0.618. The summed E-state index contributed by atoms with van der Waals surface area (Å²) in [6.07, 6.45) is 0. The Hall–Kier alpha value is -2.17. The van der Waals surface area contributed by atoms with E-state index in [1.807, 2.05) is 59.3 Å². The molecule has 0 unspecified atom stereocenters. The Balaban J connectivity index is 1.68. The van der Waals surface area contributed by atoms with Crippen LogP contribution in [-0.2, 0) is 6.61 Å². The molecule has 3 rings (SSSR count). The minimum Gasteiger partial charge on any atom is -0.497 e. The van der Waals surface area contributed by atoms with Gasteiger partial charge in [-0.05, 0) is 41.3 Å². The molecule has 118 valence electrons. The fourth-order valence-corrected chi connectivity index (χ4v) is 2.84. The minimum atomic E-state index is 0.450. The Bertz CT molecular complexity index is 757. The topological polar surface area (TPSA) is 30.5 Å². The number of hydrogen-bond acceptors (Lipinski definition) is 4. The summed E-state index contributed by atoms with van der Waals surface area (Å²) in [4.78, 5) is 0. The molecule has 1 heterocycles. The van der Waals surface area contributed by atoms with Gasteiger partial charge in [-0.3, -0.25) is 0 Å². The largest absolute Gasteiger partial charge is 0.497 e. The van der Waals surface area contributed by atoms with Gasteiger partial charge in [0.1, 0.15) is 18.1 Å². The van der Waals surface area contributed by atoms with Crippen molar-refractivity contribution in [1.82, 2.24) is 0 Å². The molecule has 0 amide bonds. The zero-order valence-electron chi connectivity index (χ0n) is 12.6. The van der Waals surface area contributed by atoms with Crippen LogP contribution in [0.1, 0.15) is 5.56 Å². The summed E-state index contributed by atoms with van der Waals surface area (Å²) in [5.74, 6) is 1.48. The van der Waals surface area contributed by atoms with E-state index in [1.54, 1.807) is 18.4 Å². The third-order valence-electron chi connectivity index (χ3n) is 3.29. The van der Waals surface area contributed by atoms with Crippen molar-refractivity contribution in [3.63, 3.8) is 0 Å². The maximum Gasteiger partial charge on any atom is 0.140 e. The maximum absolute atomic E-state index is 6.22. The van der Waals surface area contributed by atoms with Crippen LogP contribution in [0.3, 0.4) is 0 Å². The van der Waals surface area contributed by atoms with Gasteiger partial charge in [0.05, 0.1) is 12.1 Å². The molecule has 0 atom stereocenters. The van der Waals surface area contributed by atoms with Crippen molar-refractivity contribution >= 4 is 34.3 Å². The molecule has 0 aliphatic carbocycles. The number of nitrogens with one attached hydrogen (secondary N) is 1. The van der Waals surface area contributed by atoms with Crippen LogP contribution >= 0.6 is 22.9 Å². The van der Waals surface area contributed by atoms with E-state index < -0.39 is 0 Å². The highest BCUT2D eigenvalue weighted by molar-refractivity contribution is 7.08. The van der Waals surface area contributed by atoms with E-state index in [9.17, 15) is 0 Å². The molecule has 0 radical (unpaired) electrons. The summed E-state index contributed by atoms with van der Waals surface area (Å²) in [7, 11) is 1.65. The molecule has 3 nitrogen and oxygen atoms in total. The van der Waals surface area contributed by atoms with Crippen molar-refractivity contribution < 1.29 is 9.47 Å². The number of halogens is 1. The predicted octanol–water partition coefficient (Wildman–Crippen LogP) is 5.73. The average Bonchev–Trinajstić information content (AvgIpc) is 3.09. The molecule has 0 aliphatic heterocycles. The zero-order valence-corrected chi connectivity index (χ0v) is 14.2. The molecule has 0 saturated carbocycles. The smallest absolute Gasteiger partial charge is 0.140 e. The van der Waals surface area contributed by atoms with E-state index in [0.717, 1.165) is 22.7 Å². The molecule has 0 bridgehead atoms. The van der Waals surface area contributed by atoms with Gasteiger partial charge in [-0.15, -0.1) is 0 Å². The van der Waals surface area contributed by atoms with E-state index in [-0.39, 0.29) is 0 Å². The fraction of sp³-hybridized carbons (Fsp3) is 0.111. The van der Waals surface area contributed by atoms with Gasteiger partial charge in [-0.25, -0.2) is 0 Å². The molecule has 2 aromatic carbocycles. The van der Waals surface area contributed by atoms with Crippen molar-refractivity contribution in [3.05, 3.63) is 69.9 Å². The summed E-state index contributed by atoms with van der Waals surface area (Å²) < 4.78 is 11.0. The standard InChI is InChI=1S/C18H16ClNO2S/c1-21-16-5-2-13(3-6-16)11-22-18-10-14(4-7-17(18)19)20-15-8-9-23-12-15/h2-10,12,20H,11H2,1H3. The first-order chi connectivity index (χ1) is 11.2. The van der Waals surface area contributed by atoms with Gasteiger partial charge < -0.3 is 14.8 Å². The molecule has 5 heteroatoms. The Kier molecular flexibility index (Phi) is 5.05. The molecular weight excluding hydrogens is 330 g/mol. The number of anilines is 2. The van der Waals surface area contributed by atoms with E-state index >= 15 is 0 Å². The van der Waals surface area contributed by atoms with Crippen molar-refractivity contribution in [3.8, 4) is 11.5 Å². The molecule has 0 fully saturated rings. The number of rotatable bonds is 6. The lowest BCUT2D eigenvalue weighted by molar-refractivity contribution is 0.306. The van der Waals surface area contributed by atoms with Crippen LogP contribution in [-0.4, -0.2) is 7.11 Å². The van der Waals surface area contributed by atoms with Gasteiger partial charge in [0.2, 0.25) is 0 Å². The van der Waals surface area contributed by atoms with Crippen LogP contribution in [0.25, 0.3) is 0 Å². The molecule has 3 aromatic rings. The highest BCUT2D eigenvalue weighted by Crippen LogP contribution is 2.30. The highest BCUT2D eigenvalue weighted by atomic mass is 35.5. The van der Waals surface area contributed by atoms with Gasteiger partial charge in [0.25, 0.3) is 0 Å². The van der Waals surface area contributed by atoms with Gasteiger partial charge >= 0.3 is 0 Å². The highest BCUT2D eigenvalue weighted by Gasteiger charge is 2.05. The van der Waals surface area contributed by atoms with Crippen LogP contribution in [0, 0.1) is 0 Å². The fourth-order valence-electron chi connectivity index (χ4n) is 2.08. The van der Waals surface area contributed by atoms with Crippen molar-refractivity contribution in [2.24, 2.45) is 0 Å². The SMILES string of the molecule is COc1ccc(COc2cc(Nc3ccsc3)ccc2Cl)cc1. The van der Waals surface area contributed by atoms with Gasteiger partial charge in [0, 0.05) is 22.8 Å². The number of methoxy groups -OCH3 is 1. The van der Waals surface area contributed by atoms with Crippen molar-refractivity contribution in [2.75, 3.05) is 12.4 Å². The molecule has 0 saturated heterocycles. The predicted molar refractivity (Wildman–Crippen MR) is 96.4 cm³/mol. The normalized spacial score (nSPS) is 10.3. The van der Waals surface area contributed by atoms with Crippen LogP contribution in [0.15, 0.2) is 59.3 Å². The first kappa shape index (κ1) is 15.7. The summed E-state index contributed by atoms with van der Waals surface area (Å²) in [5.41, 5.74) is 3.05. The third-order valence-corrected chi connectivity index (χ3v) is 4.29. The molecule has 0 aliphatic rings.